The Kier molecular flexibility index (Phi) is 16.1. The number of hydrogen-bond donors (Lipinski definition) is 7. The van der Waals surface area contributed by atoms with Crippen LogP contribution in [0.1, 0.15) is 57.1 Å². The Morgan fingerprint density at radius 3 is 1.86 bits per heavy atom. The average Bonchev–Trinajstić information content (AvgIpc) is 3.53. The second-order valence-corrected chi connectivity index (χ2v) is 13.3. The second-order valence-electron chi connectivity index (χ2n) is 12.9. The molecule has 0 aliphatic carbocycles. The van der Waals surface area contributed by atoms with Gasteiger partial charge in [-0.3, -0.25) is 38.9 Å². The van der Waals surface area contributed by atoms with E-state index in [2.05, 4.69) is 39.2 Å². The van der Waals surface area contributed by atoms with Crippen LogP contribution in [0, 0.1) is 5.92 Å². The molecule has 0 spiro atoms. The Morgan fingerprint density at radius 1 is 0.780 bits per heavy atom. The van der Waals surface area contributed by atoms with Gasteiger partial charge in [0, 0.05) is 25.7 Å². The maximum Gasteiger partial charge on any atom is 0.243 e. The van der Waals surface area contributed by atoms with Crippen LogP contribution < -0.4 is 32.3 Å². The summed E-state index contributed by atoms with van der Waals surface area (Å²) in [6, 6.07) is 13.4. The number of hydrogen-bond acceptors (Lipinski definition) is 9. The van der Waals surface area contributed by atoms with Gasteiger partial charge in [0.05, 0.1) is 18.6 Å². The van der Waals surface area contributed by atoms with Gasteiger partial charge in [-0.15, -0.1) is 0 Å². The molecular formula is C36H48N6O7S. The molecule has 7 N–H and O–H groups in total. The van der Waals surface area contributed by atoms with Crippen LogP contribution in [0.4, 0.5) is 0 Å². The first-order chi connectivity index (χ1) is 23.9. The highest BCUT2D eigenvalue weighted by atomic mass is 32.1. The number of primary amides is 1. The van der Waals surface area contributed by atoms with Crippen molar-refractivity contribution in [3.05, 3.63) is 71.8 Å². The van der Waals surface area contributed by atoms with Gasteiger partial charge >= 0.3 is 0 Å². The van der Waals surface area contributed by atoms with E-state index in [1.54, 1.807) is 12.1 Å². The number of ketones is 2. The van der Waals surface area contributed by atoms with E-state index >= 15 is 0 Å². The SMILES string of the molecule is CC(C)C[C@H](NC(=O)CCC(=O)[C@H](Cc1ccccc1)NC(=O)[C@H](Cc1ccccc1)NC(=O)[C@@H]1CC(=O)CN1)C(=O)N[C@@H](CCS)C(N)=O. The molecule has 270 valence electrons. The first kappa shape index (κ1) is 39.9. The maximum absolute atomic E-state index is 13.8. The first-order valence-corrected chi connectivity index (χ1v) is 17.5. The van der Waals surface area contributed by atoms with E-state index in [1.165, 1.54) is 0 Å². The molecule has 0 saturated carbocycles. The normalized spacial score (nSPS) is 16.5. The van der Waals surface area contributed by atoms with Crippen LogP contribution in [-0.4, -0.2) is 83.6 Å². The van der Waals surface area contributed by atoms with Crippen molar-refractivity contribution in [3.8, 4) is 0 Å². The topological polar surface area (TPSA) is 206 Å². The Bertz CT molecular complexity index is 1490. The molecule has 1 aliphatic rings. The van der Waals surface area contributed by atoms with Crippen LogP contribution in [0.25, 0.3) is 0 Å². The molecule has 1 aliphatic heterocycles. The fraction of sp³-hybridized carbons (Fsp3) is 0.472. The van der Waals surface area contributed by atoms with Gasteiger partial charge in [0.15, 0.2) is 5.78 Å². The summed E-state index contributed by atoms with van der Waals surface area (Å²) < 4.78 is 0. The molecule has 0 bridgehead atoms. The average molecular weight is 709 g/mol. The molecule has 14 heteroatoms. The molecule has 5 amide bonds. The highest BCUT2D eigenvalue weighted by molar-refractivity contribution is 7.80. The molecule has 50 heavy (non-hydrogen) atoms. The van der Waals surface area contributed by atoms with Crippen LogP contribution in [0.15, 0.2) is 60.7 Å². The van der Waals surface area contributed by atoms with Crippen molar-refractivity contribution in [1.29, 1.82) is 0 Å². The maximum atomic E-state index is 13.8. The molecule has 2 aromatic rings. The molecule has 0 aromatic heterocycles. The molecule has 1 fully saturated rings. The standard InChI is InChI=1S/C36H48N6O7S/c1-22(2)17-29(35(48)40-26(15-16-50)33(37)46)39-32(45)14-13-31(44)27(18-23-9-5-3-6-10-23)41-36(49)30(19-24-11-7-4-8-12-24)42-34(47)28-20-25(43)21-38-28/h3-12,22,26-30,38,50H,13-21H2,1-2H3,(H2,37,46)(H,39,45)(H,40,48)(H,41,49)(H,42,47)/t26-,27-,28-,29-,30-/m0/s1. The number of nitrogens with two attached hydrogens (primary N) is 1. The van der Waals surface area contributed by atoms with Crippen LogP contribution in [0.3, 0.4) is 0 Å². The van der Waals surface area contributed by atoms with Crippen molar-refractivity contribution < 1.29 is 33.6 Å². The highest BCUT2D eigenvalue weighted by Crippen LogP contribution is 2.12. The summed E-state index contributed by atoms with van der Waals surface area (Å²) in [4.78, 5) is 90.1. The molecular weight excluding hydrogens is 660 g/mol. The summed E-state index contributed by atoms with van der Waals surface area (Å²) in [6.45, 7) is 3.83. The van der Waals surface area contributed by atoms with Crippen molar-refractivity contribution in [2.75, 3.05) is 12.3 Å². The number of benzene rings is 2. The van der Waals surface area contributed by atoms with E-state index in [4.69, 9.17) is 5.73 Å². The zero-order valence-electron chi connectivity index (χ0n) is 28.5. The molecule has 1 saturated heterocycles. The lowest BCUT2D eigenvalue weighted by Gasteiger charge is -2.25. The smallest absolute Gasteiger partial charge is 0.243 e. The summed E-state index contributed by atoms with van der Waals surface area (Å²) >= 11 is 4.10. The van der Waals surface area contributed by atoms with Gasteiger partial charge in [-0.2, -0.15) is 12.6 Å². The zero-order valence-corrected chi connectivity index (χ0v) is 29.4. The summed E-state index contributed by atoms with van der Waals surface area (Å²) in [6.07, 6.45) is 0.291. The van der Waals surface area contributed by atoms with Gasteiger partial charge in [0.25, 0.3) is 0 Å². The van der Waals surface area contributed by atoms with Crippen molar-refractivity contribution in [1.82, 2.24) is 26.6 Å². The number of amides is 5. The van der Waals surface area contributed by atoms with E-state index in [-0.39, 0.29) is 63.2 Å². The molecule has 0 unspecified atom stereocenters. The summed E-state index contributed by atoms with van der Waals surface area (Å²) in [5.74, 6) is -3.12. The van der Waals surface area contributed by atoms with Crippen LogP contribution in [-0.2, 0) is 46.4 Å². The van der Waals surface area contributed by atoms with Gasteiger partial charge in [-0.05, 0) is 42.1 Å². The largest absolute Gasteiger partial charge is 0.368 e. The van der Waals surface area contributed by atoms with Crippen molar-refractivity contribution in [2.24, 2.45) is 11.7 Å². The van der Waals surface area contributed by atoms with Crippen molar-refractivity contribution >= 4 is 53.7 Å². The number of Topliss-reactive ketones (excluding diaryl/α,β-unsaturated/α-hetero) is 2. The zero-order chi connectivity index (χ0) is 36.6. The van der Waals surface area contributed by atoms with Crippen LogP contribution in [0.5, 0.6) is 0 Å². The number of thiol groups is 1. The van der Waals surface area contributed by atoms with Crippen LogP contribution in [0.2, 0.25) is 0 Å². The number of carbonyl (C=O) groups is 7. The molecule has 5 atom stereocenters. The molecule has 3 rings (SSSR count). The van der Waals surface area contributed by atoms with E-state index < -0.39 is 65.5 Å². The lowest BCUT2D eigenvalue weighted by atomic mass is 9.97. The number of nitrogens with one attached hydrogen (secondary N) is 5. The van der Waals surface area contributed by atoms with Gasteiger partial charge in [0.1, 0.15) is 23.9 Å². The minimum absolute atomic E-state index is 0.0176. The Morgan fingerprint density at radius 2 is 1.34 bits per heavy atom. The third kappa shape index (κ3) is 13.4. The van der Waals surface area contributed by atoms with Crippen molar-refractivity contribution in [3.63, 3.8) is 0 Å². The lowest BCUT2D eigenvalue weighted by molar-refractivity contribution is -0.133. The number of carbonyl (C=O) groups excluding carboxylic acids is 7. The predicted molar refractivity (Wildman–Crippen MR) is 191 cm³/mol. The quantitative estimate of drug-likeness (QED) is 0.0965. The summed E-state index contributed by atoms with van der Waals surface area (Å²) in [7, 11) is 0. The molecule has 13 nitrogen and oxygen atoms in total. The minimum Gasteiger partial charge on any atom is -0.368 e. The van der Waals surface area contributed by atoms with Gasteiger partial charge in [-0.25, -0.2) is 0 Å². The Hall–Kier alpha value is -4.56. The van der Waals surface area contributed by atoms with Gasteiger partial charge < -0.3 is 27.0 Å². The van der Waals surface area contributed by atoms with Gasteiger partial charge in [-0.1, -0.05) is 74.5 Å². The third-order valence-electron chi connectivity index (χ3n) is 8.23. The summed E-state index contributed by atoms with van der Waals surface area (Å²) in [5.41, 5.74) is 6.96. The van der Waals surface area contributed by atoms with Gasteiger partial charge in [0.2, 0.25) is 29.5 Å². The fourth-order valence-corrected chi connectivity index (χ4v) is 5.82. The molecule has 2 aromatic carbocycles. The van der Waals surface area contributed by atoms with Crippen molar-refractivity contribution in [2.45, 2.75) is 89.0 Å². The Balaban J connectivity index is 1.73. The second kappa shape index (κ2) is 20.2. The highest BCUT2D eigenvalue weighted by Gasteiger charge is 2.33. The Labute approximate surface area is 298 Å². The number of rotatable bonds is 20. The first-order valence-electron chi connectivity index (χ1n) is 16.8. The summed E-state index contributed by atoms with van der Waals surface area (Å²) in [5, 5.41) is 13.7. The fourth-order valence-electron chi connectivity index (χ4n) is 5.56. The molecule has 1 heterocycles. The monoisotopic (exact) mass is 708 g/mol. The van der Waals surface area contributed by atoms with E-state index in [0.717, 1.165) is 11.1 Å². The minimum atomic E-state index is -1.06. The molecule has 0 radical (unpaired) electrons. The van der Waals surface area contributed by atoms with Crippen LogP contribution >= 0.6 is 12.6 Å². The predicted octanol–water partition coefficient (Wildman–Crippen LogP) is 0.543. The van der Waals surface area contributed by atoms with E-state index in [0.29, 0.717) is 5.75 Å². The lowest BCUT2D eigenvalue weighted by Crippen LogP contribution is -2.55. The van der Waals surface area contributed by atoms with E-state index in [9.17, 15) is 33.6 Å². The third-order valence-corrected chi connectivity index (χ3v) is 8.49. The van der Waals surface area contributed by atoms with E-state index in [1.807, 2.05) is 62.4 Å².